The molecule has 0 radical (unpaired) electrons. The molecule has 0 unspecified atom stereocenters. The second-order valence-electron chi connectivity index (χ2n) is 2.94. The molecule has 0 saturated heterocycles. The number of rotatable bonds is 3. The Bertz CT molecular complexity index is 505. The Balaban J connectivity index is 2.25. The van der Waals surface area contributed by atoms with Gasteiger partial charge < -0.3 is 0 Å². The molecule has 1 heterocycles. The summed E-state index contributed by atoms with van der Waals surface area (Å²) in [6.45, 7) is 0. The summed E-state index contributed by atoms with van der Waals surface area (Å²) in [5, 5.41) is 1.16. The van der Waals surface area contributed by atoms with Gasteiger partial charge in [-0.05, 0) is 30.0 Å². The summed E-state index contributed by atoms with van der Waals surface area (Å²) in [5.74, 6) is 0. The van der Waals surface area contributed by atoms with Crippen LogP contribution in [0.4, 0.5) is 0 Å². The molecule has 0 aliphatic rings. The fraction of sp³-hybridized carbons (Fsp3) is 0. The number of halogens is 1. The summed E-state index contributed by atoms with van der Waals surface area (Å²) in [6.07, 6.45) is 4.10. The van der Waals surface area contributed by atoms with Crippen LogP contribution in [-0.2, 0) is 0 Å². The minimum atomic E-state index is 0.530. The Morgan fingerprint density at radius 1 is 1.25 bits per heavy atom. The molecule has 0 aliphatic carbocycles. The van der Waals surface area contributed by atoms with Gasteiger partial charge in [0.15, 0.2) is 5.16 Å². The molecule has 0 fully saturated rings. The van der Waals surface area contributed by atoms with E-state index in [-0.39, 0.29) is 0 Å². The average molecular weight is 251 g/mol. The van der Waals surface area contributed by atoms with Crippen LogP contribution in [0.1, 0.15) is 10.4 Å². The fourth-order valence-corrected chi connectivity index (χ4v) is 2.13. The monoisotopic (exact) mass is 250 g/mol. The van der Waals surface area contributed by atoms with Crippen LogP contribution in [0.25, 0.3) is 0 Å². The molecule has 0 N–H and O–H groups in total. The lowest BCUT2D eigenvalue weighted by Gasteiger charge is -2.02. The van der Waals surface area contributed by atoms with Crippen molar-refractivity contribution in [3.05, 3.63) is 47.2 Å². The second-order valence-corrected chi connectivity index (χ2v) is 4.36. The molecular formula is C11H7ClN2OS. The van der Waals surface area contributed by atoms with E-state index < -0.39 is 0 Å². The molecule has 0 bridgehead atoms. The van der Waals surface area contributed by atoms with Crippen LogP contribution in [0, 0.1) is 0 Å². The third kappa shape index (κ3) is 2.59. The standard InChI is InChI=1S/C11H7ClN2OS/c12-9-6-8(7-15)2-3-10(9)16-11-13-4-1-5-14-11/h1-7H. The van der Waals surface area contributed by atoms with E-state index in [1.165, 1.54) is 11.8 Å². The fourth-order valence-electron chi connectivity index (χ4n) is 1.11. The first kappa shape index (κ1) is 11.1. The Labute approximate surface area is 102 Å². The number of aldehydes is 1. The van der Waals surface area contributed by atoms with Crippen LogP contribution >= 0.6 is 23.4 Å². The van der Waals surface area contributed by atoms with Gasteiger partial charge in [-0.15, -0.1) is 0 Å². The molecule has 0 spiro atoms. The molecule has 1 aromatic heterocycles. The van der Waals surface area contributed by atoms with Gasteiger partial charge in [-0.3, -0.25) is 4.79 Å². The number of nitrogens with zero attached hydrogens (tertiary/aromatic N) is 2. The number of carbonyl (C=O) groups excluding carboxylic acids is 1. The van der Waals surface area contributed by atoms with Gasteiger partial charge in [0.25, 0.3) is 0 Å². The summed E-state index contributed by atoms with van der Waals surface area (Å²) < 4.78 is 0. The lowest BCUT2D eigenvalue weighted by atomic mass is 10.2. The van der Waals surface area contributed by atoms with E-state index in [1.807, 2.05) is 0 Å². The van der Waals surface area contributed by atoms with Crippen LogP contribution < -0.4 is 0 Å². The maximum atomic E-state index is 10.5. The van der Waals surface area contributed by atoms with E-state index in [4.69, 9.17) is 11.6 Å². The summed E-state index contributed by atoms with van der Waals surface area (Å²) in [6, 6.07) is 6.87. The third-order valence-corrected chi connectivity index (χ3v) is 3.23. The largest absolute Gasteiger partial charge is 0.298 e. The molecule has 5 heteroatoms. The number of carbonyl (C=O) groups is 1. The van der Waals surface area contributed by atoms with Crippen molar-refractivity contribution >= 4 is 29.6 Å². The highest BCUT2D eigenvalue weighted by atomic mass is 35.5. The van der Waals surface area contributed by atoms with Crippen molar-refractivity contribution in [3.8, 4) is 0 Å². The molecule has 16 heavy (non-hydrogen) atoms. The van der Waals surface area contributed by atoms with Gasteiger partial charge in [0, 0.05) is 22.9 Å². The highest BCUT2D eigenvalue weighted by molar-refractivity contribution is 7.99. The topological polar surface area (TPSA) is 42.9 Å². The number of benzene rings is 1. The zero-order valence-corrected chi connectivity index (χ0v) is 9.70. The smallest absolute Gasteiger partial charge is 0.192 e. The molecular weight excluding hydrogens is 244 g/mol. The predicted molar refractivity (Wildman–Crippen MR) is 63.0 cm³/mol. The van der Waals surface area contributed by atoms with Crippen molar-refractivity contribution in [1.29, 1.82) is 0 Å². The summed E-state index contributed by atoms with van der Waals surface area (Å²) in [5.41, 5.74) is 0.559. The molecule has 0 atom stereocenters. The van der Waals surface area contributed by atoms with Crippen LogP contribution in [0.5, 0.6) is 0 Å². The summed E-state index contributed by atoms with van der Waals surface area (Å²) in [4.78, 5) is 19.5. The van der Waals surface area contributed by atoms with Gasteiger partial charge >= 0.3 is 0 Å². The first-order chi connectivity index (χ1) is 7.79. The molecule has 2 rings (SSSR count). The lowest BCUT2D eigenvalue weighted by molar-refractivity contribution is 0.112. The molecule has 0 aliphatic heterocycles. The van der Waals surface area contributed by atoms with Crippen molar-refractivity contribution in [1.82, 2.24) is 9.97 Å². The Hall–Kier alpha value is -1.39. The maximum absolute atomic E-state index is 10.5. The quantitative estimate of drug-likeness (QED) is 0.620. The molecule has 0 amide bonds. The van der Waals surface area contributed by atoms with Gasteiger partial charge in [-0.25, -0.2) is 9.97 Å². The molecule has 1 aromatic carbocycles. The van der Waals surface area contributed by atoms with Crippen molar-refractivity contribution in [2.45, 2.75) is 10.1 Å². The molecule has 0 saturated carbocycles. The van der Waals surface area contributed by atoms with Gasteiger partial charge in [-0.1, -0.05) is 17.7 Å². The summed E-state index contributed by atoms with van der Waals surface area (Å²) >= 11 is 7.39. The number of aromatic nitrogens is 2. The lowest BCUT2D eigenvalue weighted by Crippen LogP contribution is -1.85. The maximum Gasteiger partial charge on any atom is 0.192 e. The van der Waals surface area contributed by atoms with Gasteiger partial charge in [0.05, 0.1) is 5.02 Å². The van der Waals surface area contributed by atoms with Crippen LogP contribution in [0.2, 0.25) is 5.02 Å². The van der Waals surface area contributed by atoms with Crippen molar-refractivity contribution in [2.24, 2.45) is 0 Å². The Morgan fingerprint density at radius 2 is 2.00 bits per heavy atom. The van der Waals surface area contributed by atoms with E-state index in [1.54, 1.807) is 36.7 Å². The number of hydrogen-bond donors (Lipinski definition) is 0. The van der Waals surface area contributed by atoms with E-state index in [0.29, 0.717) is 15.7 Å². The van der Waals surface area contributed by atoms with Crippen LogP contribution in [0.3, 0.4) is 0 Å². The van der Waals surface area contributed by atoms with Crippen molar-refractivity contribution < 1.29 is 4.79 Å². The highest BCUT2D eigenvalue weighted by Crippen LogP contribution is 2.31. The first-order valence-corrected chi connectivity index (χ1v) is 5.68. The Morgan fingerprint density at radius 3 is 2.62 bits per heavy atom. The third-order valence-electron chi connectivity index (χ3n) is 1.84. The second kappa shape index (κ2) is 5.09. The summed E-state index contributed by atoms with van der Waals surface area (Å²) in [7, 11) is 0. The van der Waals surface area contributed by atoms with Gasteiger partial charge in [0.2, 0.25) is 0 Å². The van der Waals surface area contributed by atoms with Crippen molar-refractivity contribution in [3.63, 3.8) is 0 Å². The van der Waals surface area contributed by atoms with Gasteiger partial charge in [0.1, 0.15) is 6.29 Å². The minimum absolute atomic E-state index is 0.530. The normalized spacial score (nSPS) is 10.1. The SMILES string of the molecule is O=Cc1ccc(Sc2ncccn2)c(Cl)c1. The predicted octanol–water partition coefficient (Wildman–Crippen LogP) is 3.09. The zero-order valence-electron chi connectivity index (χ0n) is 8.13. The van der Waals surface area contributed by atoms with E-state index in [2.05, 4.69) is 9.97 Å². The van der Waals surface area contributed by atoms with Crippen molar-refractivity contribution in [2.75, 3.05) is 0 Å². The molecule has 3 nitrogen and oxygen atoms in total. The van der Waals surface area contributed by atoms with Gasteiger partial charge in [-0.2, -0.15) is 0 Å². The average Bonchev–Trinajstić information content (AvgIpc) is 2.33. The zero-order chi connectivity index (χ0) is 11.4. The minimum Gasteiger partial charge on any atom is -0.298 e. The highest BCUT2D eigenvalue weighted by Gasteiger charge is 2.05. The molecule has 80 valence electrons. The Kier molecular flexibility index (Phi) is 3.54. The van der Waals surface area contributed by atoms with E-state index >= 15 is 0 Å². The van der Waals surface area contributed by atoms with E-state index in [0.717, 1.165) is 11.2 Å². The van der Waals surface area contributed by atoms with E-state index in [9.17, 15) is 4.79 Å². The number of hydrogen-bond acceptors (Lipinski definition) is 4. The first-order valence-electron chi connectivity index (χ1n) is 4.49. The van der Waals surface area contributed by atoms with Crippen LogP contribution in [0.15, 0.2) is 46.7 Å². The van der Waals surface area contributed by atoms with Crippen LogP contribution in [-0.4, -0.2) is 16.3 Å². The molecule has 2 aromatic rings.